The van der Waals surface area contributed by atoms with Gasteiger partial charge in [-0.15, -0.1) is 0 Å². The van der Waals surface area contributed by atoms with E-state index in [0.717, 1.165) is 16.3 Å². The molecule has 0 radical (unpaired) electrons. The molecule has 0 aliphatic carbocycles. The van der Waals surface area contributed by atoms with E-state index in [-0.39, 0.29) is 43.9 Å². The van der Waals surface area contributed by atoms with E-state index in [4.69, 9.17) is 18.6 Å². The predicted octanol–water partition coefficient (Wildman–Crippen LogP) is 8.34. The summed E-state index contributed by atoms with van der Waals surface area (Å²) in [5, 5.41) is 13.5. The van der Waals surface area contributed by atoms with Crippen LogP contribution in [0, 0.1) is 16.0 Å². The Morgan fingerprint density at radius 3 is 2.09 bits per heavy atom. The zero-order valence-electron chi connectivity index (χ0n) is 32.3. The first-order valence-corrected chi connectivity index (χ1v) is 18.1. The average Bonchev–Trinajstić information content (AvgIpc) is 3.56. The van der Waals surface area contributed by atoms with Crippen LogP contribution in [0.2, 0.25) is 0 Å². The van der Waals surface area contributed by atoms with Crippen LogP contribution in [0.1, 0.15) is 102 Å². The number of amides is 1. The van der Waals surface area contributed by atoms with E-state index in [9.17, 15) is 29.3 Å². The number of nitro groups is 1. The fraction of sp³-hybridized carbons (Fsp3) is 0.429. The molecular formula is C42H50N2O10. The summed E-state index contributed by atoms with van der Waals surface area (Å²) in [5.74, 6) is -3.58. The van der Waals surface area contributed by atoms with Gasteiger partial charge in [-0.25, -0.2) is 4.79 Å². The Labute approximate surface area is 315 Å². The maximum atomic E-state index is 14.7. The van der Waals surface area contributed by atoms with Crippen LogP contribution in [-0.2, 0) is 41.6 Å². The number of rotatable bonds is 15. The molecule has 12 nitrogen and oxygen atoms in total. The molecule has 0 bridgehead atoms. The number of carbonyl (C=O) groups is 4. The third-order valence-corrected chi connectivity index (χ3v) is 8.65. The van der Waals surface area contributed by atoms with Crippen LogP contribution in [0.15, 0.2) is 83.3 Å². The lowest BCUT2D eigenvalue weighted by Gasteiger charge is -2.36. The van der Waals surface area contributed by atoms with E-state index in [1.54, 1.807) is 71.6 Å². The quantitative estimate of drug-likeness (QED) is 0.0502. The van der Waals surface area contributed by atoms with Gasteiger partial charge in [-0.3, -0.25) is 24.5 Å². The third-order valence-electron chi connectivity index (χ3n) is 8.65. The molecule has 12 heteroatoms. The maximum Gasteiger partial charge on any atom is 0.374 e. The fourth-order valence-corrected chi connectivity index (χ4v) is 6.17. The van der Waals surface area contributed by atoms with Gasteiger partial charge < -0.3 is 23.5 Å². The van der Waals surface area contributed by atoms with Crippen molar-refractivity contribution in [3.8, 4) is 0 Å². The first kappa shape index (κ1) is 41.2. The minimum Gasteiger partial charge on any atom is -0.460 e. The van der Waals surface area contributed by atoms with Gasteiger partial charge in [0.05, 0.1) is 23.9 Å². The Hall–Kier alpha value is -5.52. The lowest BCUT2D eigenvalue weighted by Crippen LogP contribution is -2.44. The number of carbonyl (C=O) groups excluding carboxylic acids is 4. The van der Waals surface area contributed by atoms with Crippen molar-refractivity contribution in [2.75, 3.05) is 6.61 Å². The van der Waals surface area contributed by atoms with Crippen LogP contribution < -0.4 is 0 Å². The molecular weight excluding hydrogens is 692 g/mol. The minimum absolute atomic E-state index is 0.0217. The largest absolute Gasteiger partial charge is 0.460 e. The fourth-order valence-electron chi connectivity index (χ4n) is 6.17. The summed E-state index contributed by atoms with van der Waals surface area (Å²) in [7, 11) is 0. The van der Waals surface area contributed by atoms with E-state index in [1.807, 2.05) is 49.4 Å². The topological polar surface area (TPSA) is 155 Å². The Kier molecular flexibility index (Phi) is 13.4. The van der Waals surface area contributed by atoms with Gasteiger partial charge in [-0.05, 0) is 95.5 Å². The number of nitrogens with zero attached hydrogens (tertiary/aromatic N) is 2. The number of nitro benzene ring substituents is 1. The predicted molar refractivity (Wildman–Crippen MR) is 203 cm³/mol. The van der Waals surface area contributed by atoms with E-state index in [1.165, 1.54) is 18.2 Å². The number of ether oxygens (including phenoxy) is 3. The monoisotopic (exact) mass is 742 g/mol. The van der Waals surface area contributed by atoms with Gasteiger partial charge in [0.2, 0.25) is 11.7 Å². The van der Waals surface area contributed by atoms with E-state index >= 15 is 0 Å². The van der Waals surface area contributed by atoms with Crippen molar-refractivity contribution in [2.24, 2.45) is 5.92 Å². The number of esters is 3. The van der Waals surface area contributed by atoms with Gasteiger partial charge in [0.25, 0.3) is 5.69 Å². The summed E-state index contributed by atoms with van der Waals surface area (Å²) in [4.78, 5) is 66.5. The number of non-ortho nitro benzene ring substituents is 1. The van der Waals surface area contributed by atoms with Crippen molar-refractivity contribution < 1.29 is 42.7 Å². The zero-order valence-corrected chi connectivity index (χ0v) is 32.3. The molecule has 0 spiro atoms. The molecule has 0 aliphatic rings. The molecule has 0 aliphatic heterocycles. The van der Waals surface area contributed by atoms with E-state index in [0.29, 0.717) is 11.3 Å². The molecule has 54 heavy (non-hydrogen) atoms. The second-order valence-corrected chi connectivity index (χ2v) is 15.3. The Balaban J connectivity index is 1.78. The minimum atomic E-state index is -1.15. The molecule has 1 heterocycles. The maximum absolute atomic E-state index is 14.7. The molecule has 0 fully saturated rings. The van der Waals surface area contributed by atoms with Crippen LogP contribution in [0.3, 0.4) is 0 Å². The van der Waals surface area contributed by atoms with Crippen LogP contribution in [0.4, 0.5) is 5.69 Å². The molecule has 1 amide bonds. The standard InChI is InChI=1S/C42H50N2O10/c1-9-51-40(48)36-21-20-34(52-36)25-35(30-16-18-33(19-17-30)44(49)50)27(2)43(26-28-14-15-29-12-10-11-13-31(29)22-28)37(45)23-32(39(47)54-42(6,7)8)24-38(46)53-41(3,4)5/h10-22,27,32,35H,9,23-26H2,1-8H3. The Morgan fingerprint density at radius 1 is 0.833 bits per heavy atom. The SMILES string of the molecule is CCOC(=O)c1ccc(CC(c2ccc([N+](=O)[O-])cc2)C(C)N(Cc2ccc3ccccc3c2)C(=O)CC(CC(=O)OC(C)(C)C)C(=O)OC(C)(C)C)o1. The molecule has 0 saturated heterocycles. The molecule has 3 unspecified atom stereocenters. The molecule has 4 aromatic rings. The van der Waals surface area contributed by atoms with Crippen LogP contribution in [0.5, 0.6) is 0 Å². The van der Waals surface area contributed by atoms with E-state index < -0.39 is 57.8 Å². The smallest absolute Gasteiger partial charge is 0.374 e. The molecule has 4 rings (SSSR count). The van der Waals surface area contributed by atoms with Crippen LogP contribution >= 0.6 is 0 Å². The molecule has 1 aromatic heterocycles. The first-order chi connectivity index (χ1) is 25.3. The molecule has 3 aromatic carbocycles. The summed E-state index contributed by atoms with van der Waals surface area (Å²) in [5.41, 5.74) is -0.292. The second-order valence-electron chi connectivity index (χ2n) is 15.3. The lowest BCUT2D eigenvalue weighted by molar-refractivity contribution is -0.384. The number of benzene rings is 3. The van der Waals surface area contributed by atoms with Gasteiger partial charge in [-0.2, -0.15) is 0 Å². The summed E-state index contributed by atoms with van der Waals surface area (Å²) < 4.78 is 22.2. The Bertz CT molecular complexity index is 1950. The third kappa shape index (κ3) is 11.7. The van der Waals surface area contributed by atoms with Crippen molar-refractivity contribution in [1.29, 1.82) is 0 Å². The number of fused-ring (bicyclic) bond motifs is 1. The highest BCUT2D eigenvalue weighted by Gasteiger charge is 2.36. The van der Waals surface area contributed by atoms with Crippen LogP contribution in [0.25, 0.3) is 10.8 Å². The normalized spacial score (nSPS) is 13.4. The van der Waals surface area contributed by atoms with E-state index in [2.05, 4.69) is 0 Å². The molecule has 288 valence electrons. The summed E-state index contributed by atoms with van der Waals surface area (Å²) in [6.07, 6.45) is -0.523. The van der Waals surface area contributed by atoms with Crippen molar-refractivity contribution in [2.45, 2.75) is 104 Å². The highest BCUT2D eigenvalue weighted by atomic mass is 16.6. The van der Waals surface area contributed by atoms with Gasteiger partial charge in [0.15, 0.2) is 0 Å². The van der Waals surface area contributed by atoms with Crippen molar-refractivity contribution in [3.63, 3.8) is 0 Å². The van der Waals surface area contributed by atoms with Crippen LogP contribution in [-0.4, -0.2) is 57.5 Å². The van der Waals surface area contributed by atoms with Crippen molar-refractivity contribution in [3.05, 3.63) is 112 Å². The van der Waals surface area contributed by atoms with Crippen molar-refractivity contribution >= 4 is 40.3 Å². The summed E-state index contributed by atoms with van der Waals surface area (Å²) >= 11 is 0. The van der Waals surface area contributed by atoms with Gasteiger partial charge >= 0.3 is 17.9 Å². The van der Waals surface area contributed by atoms with Gasteiger partial charge in [-0.1, -0.05) is 48.5 Å². The number of hydrogen-bond donors (Lipinski definition) is 0. The molecule has 0 saturated carbocycles. The highest BCUT2D eigenvalue weighted by molar-refractivity contribution is 5.87. The Morgan fingerprint density at radius 2 is 1.48 bits per heavy atom. The van der Waals surface area contributed by atoms with Gasteiger partial charge in [0.1, 0.15) is 17.0 Å². The first-order valence-electron chi connectivity index (χ1n) is 18.1. The average molecular weight is 743 g/mol. The lowest BCUT2D eigenvalue weighted by atomic mass is 9.86. The second kappa shape index (κ2) is 17.5. The van der Waals surface area contributed by atoms with Gasteiger partial charge in [0, 0.05) is 43.5 Å². The number of hydrogen-bond acceptors (Lipinski definition) is 10. The summed E-state index contributed by atoms with van der Waals surface area (Å²) in [6.45, 7) is 14.1. The molecule has 3 atom stereocenters. The van der Waals surface area contributed by atoms with Crippen molar-refractivity contribution in [1.82, 2.24) is 4.90 Å². The number of furan rings is 1. The highest BCUT2D eigenvalue weighted by Crippen LogP contribution is 2.33. The summed E-state index contributed by atoms with van der Waals surface area (Å²) in [6, 6.07) is 22.4. The zero-order chi connectivity index (χ0) is 39.8. The molecule has 0 N–H and O–H groups in total.